The highest BCUT2D eigenvalue weighted by atomic mass is 15.1. The molecule has 0 spiro atoms. The largest absolute Gasteiger partial charge is 0.359 e. The van der Waals surface area contributed by atoms with Gasteiger partial charge in [0.25, 0.3) is 0 Å². The molecule has 200 valence electrons. The lowest BCUT2D eigenvalue weighted by Gasteiger charge is -2.12. The number of H-pyrrole nitrogens is 2. The number of pyridine rings is 2. The third-order valence-electron chi connectivity index (χ3n) is 6.86. The first-order valence-electron chi connectivity index (χ1n) is 13.4. The second-order valence-electron chi connectivity index (χ2n) is 9.63. The van der Waals surface area contributed by atoms with Gasteiger partial charge >= 0.3 is 0 Å². The lowest BCUT2D eigenvalue weighted by atomic mass is 10.1. The van der Waals surface area contributed by atoms with E-state index in [4.69, 9.17) is 9.97 Å². The number of hydrogen-bond donors (Lipinski definition) is 3. The molecule has 7 heteroatoms. The predicted octanol–water partition coefficient (Wildman–Crippen LogP) is 7.38. The number of para-hydroxylation sites is 1. The third-order valence-corrected chi connectivity index (χ3v) is 6.86. The number of rotatable bonds is 9. The number of fused-ring (bicyclic) bond motifs is 2. The quantitative estimate of drug-likeness (QED) is 0.168. The molecule has 3 N–H and O–H groups in total. The van der Waals surface area contributed by atoms with Gasteiger partial charge < -0.3 is 10.3 Å². The van der Waals surface area contributed by atoms with E-state index in [2.05, 4.69) is 56.8 Å². The average Bonchev–Trinajstić information content (AvgIpc) is 3.64. The van der Waals surface area contributed by atoms with Crippen molar-refractivity contribution in [1.82, 2.24) is 35.5 Å². The SMILES string of the molecule is C=C/C(=C\C(=C/C)c1ccc2[nH]nc(-c3nc4c(-c5ccncc5)cccc4[nH]3)c2n1)NC(=C)Cc1ccccc1. The molecule has 0 aliphatic rings. The van der Waals surface area contributed by atoms with Crippen LogP contribution < -0.4 is 5.32 Å². The summed E-state index contributed by atoms with van der Waals surface area (Å²) in [6.07, 6.45) is 10.1. The minimum absolute atomic E-state index is 0.653. The number of benzene rings is 2. The standard InChI is InChI=1S/C34H29N7/c1-4-24(21-26(5-2)36-22(3)20-23-10-7-6-8-11-23)28-14-15-30-32(37-28)33(41-40-30)34-38-29-13-9-12-27(31(29)39-34)25-16-18-35-19-17-25/h4-19,21,36H,2-3,20H2,1H3,(H,38,39)(H,40,41)/b24-4+,26-21+. The van der Waals surface area contributed by atoms with Crippen molar-refractivity contribution in [2.45, 2.75) is 13.3 Å². The summed E-state index contributed by atoms with van der Waals surface area (Å²) < 4.78 is 0. The molecule has 0 saturated heterocycles. The second kappa shape index (κ2) is 11.3. The number of hydrogen-bond acceptors (Lipinski definition) is 5. The van der Waals surface area contributed by atoms with Gasteiger partial charge in [-0.05, 0) is 66.1 Å². The van der Waals surface area contributed by atoms with Gasteiger partial charge in [0, 0.05) is 35.8 Å². The van der Waals surface area contributed by atoms with E-state index in [1.165, 1.54) is 5.56 Å². The number of allylic oxidation sites excluding steroid dienone is 5. The summed E-state index contributed by atoms with van der Waals surface area (Å²) in [4.78, 5) is 17.5. The fourth-order valence-electron chi connectivity index (χ4n) is 4.84. The van der Waals surface area contributed by atoms with Crippen LogP contribution in [0.25, 0.3) is 50.3 Å². The Kier molecular flexibility index (Phi) is 7.07. The van der Waals surface area contributed by atoms with Gasteiger partial charge in [0.1, 0.15) is 5.52 Å². The maximum absolute atomic E-state index is 5.01. The molecule has 41 heavy (non-hydrogen) atoms. The molecule has 0 amide bonds. The van der Waals surface area contributed by atoms with E-state index in [1.54, 1.807) is 18.5 Å². The molecule has 0 aliphatic carbocycles. The van der Waals surface area contributed by atoms with Gasteiger partial charge in [-0.1, -0.05) is 61.7 Å². The summed E-state index contributed by atoms with van der Waals surface area (Å²) in [5.41, 5.74) is 10.8. The molecule has 0 atom stereocenters. The molecule has 0 aliphatic heterocycles. The Hall–Kier alpha value is -5.56. The molecule has 0 fully saturated rings. The molecule has 0 unspecified atom stereocenters. The van der Waals surface area contributed by atoms with Crippen LogP contribution in [0.5, 0.6) is 0 Å². The lowest BCUT2D eigenvalue weighted by Crippen LogP contribution is -2.12. The normalized spacial score (nSPS) is 12.1. The van der Waals surface area contributed by atoms with E-state index >= 15 is 0 Å². The van der Waals surface area contributed by atoms with Gasteiger partial charge in [0.2, 0.25) is 0 Å². The lowest BCUT2D eigenvalue weighted by molar-refractivity contribution is 0.942. The molecule has 4 aromatic heterocycles. The summed E-state index contributed by atoms with van der Waals surface area (Å²) in [5, 5.41) is 11.1. The Labute approximate surface area is 238 Å². The van der Waals surface area contributed by atoms with Gasteiger partial charge in [-0.25, -0.2) is 9.97 Å². The molecule has 0 saturated carbocycles. The van der Waals surface area contributed by atoms with Crippen molar-refractivity contribution < 1.29 is 0 Å². The van der Waals surface area contributed by atoms with Crippen molar-refractivity contribution in [2.24, 2.45) is 0 Å². The zero-order valence-electron chi connectivity index (χ0n) is 22.7. The van der Waals surface area contributed by atoms with Gasteiger partial charge in [-0.3, -0.25) is 10.1 Å². The number of nitrogens with zero attached hydrogens (tertiary/aromatic N) is 4. The van der Waals surface area contributed by atoms with Crippen LogP contribution in [-0.4, -0.2) is 30.1 Å². The zero-order valence-corrected chi connectivity index (χ0v) is 22.7. The van der Waals surface area contributed by atoms with Crippen molar-refractivity contribution in [2.75, 3.05) is 0 Å². The van der Waals surface area contributed by atoms with Crippen LogP contribution >= 0.6 is 0 Å². The summed E-state index contributed by atoms with van der Waals surface area (Å²) in [6.45, 7) is 10.2. The molecule has 0 bridgehead atoms. The first-order valence-corrected chi connectivity index (χ1v) is 13.4. The number of nitrogens with one attached hydrogen (secondary N) is 3. The monoisotopic (exact) mass is 535 g/mol. The van der Waals surface area contributed by atoms with Crippen LogP contribution in [0.4, 0.5) is 0 Å². The zero-order chi connectivity index (χ0) is 28.2. The first kappa shape index (κ1) is 25.7. The van der Waals surface area contributed by atoms with Crippen molar-refractivity contribution in [3.63, 3.8) is 0 Å². The molecule has 4 heterocycles. The van der Waals surface area contributed by atoms with Crippen molar-refractivity contribution >= 4 is 27.6 Å². The van der Waals surface area contributed by atoms with Crippen LogP contribution in [0.1, 0.15) is 18.2 Å². The van der Waals surface area contributed by atoms with E-state index in [9.17, 15) is 0 Å². The Balaban J connectivity index is 1.32. The Bertz CT molecular complexity index is 1930. The third kappa shape index (κ3) is 5.33. The summed E-state index contributed by atoms with van der Waals surface area (Å²) in [6, 6.07) is 24.3. The van der Waals surface area contributed by atoms with Crippen LogP contribution in [0.2, 0.25) is 0 Å². The topological polar surface area (TPSA) is 95.2 Å². The molecule has 7 nitrogen and oxygen atoms in total. The Morgan fingerprint density at radius 2 is 1.73 bits per heavy atom. The van der Waals surface area contributed by atoms with Crippen molar-refractivity contribution in [1.29, 1.82) is 0 Å². The minimum atomic E-state index is 0.653. The van der Waals surface area contributed by atoms with E-state index in [-0.39, 0.29) is 0 Å². The Morgan fingerprint density at radius 1 is 0.902 bits per heavy atom. The predicted molar refractivity (Wildman–Crippen MR) is 167 cm³/mol. The van der Waals surface area contributed by atoms with Gasteiger partial charge in [0.15, 0.2) is 11.5 Å². The van der Waals surface area contributed by atoms with E-state index < -0.39 is 0 Å². The molecular formula is C34H29N7. The maximum Gasteiger partial charge on any atom is 0.161 e. The number of aromatic amines is 2. The average molecular weight is 536 g/mol. The smallest absolute Gasteiger partial charge is 0.161 e. The number of aromatic nitrogens is 6. The van der Waals surface area contributed by atoms with E-state index in [1.807, 2.05) is 73.7 Å². The van der Waals surface area contributed by atoms with Gasteiger partial charge in [-0.2, -0.15) is 5.10 Å². The molecule has 6 rings (SSSR count). The fraction of sp³-hybridized carbons (Fsp3) is 0.0588. The van der Waals surface area contributed by atoms with E-state index in [0.717, 1.165) is 62.3 Å². The maximum atomic E-state index is 5.01. The van der Waals surface area contributed by atoms with Crippen LogP contribution in [0, 0.1) is 0 Å². The van der Waals surface area contributed by atoms with Crippen molar-refractivity contribution in [3.8, 4) is 22.6 Å². The molecule has 6 aromatic rings. The van der Waals surface area contributed by atoms with Gasteiger partial charge in [-0.15, -0.1) is 0 Å². The van der Waals surface area contributed by atoms with Crippen LogP contribution in [0.3, 0.4) is 0 Å². The van der Waals surface area contributed by atoms with Gasteiger partial charge in [0.05, 0.1) is 22.2 Å². The van der Waals surface area contributed by atoms with E-state index in [0.29, 0.717) is 11.5 Å². The van der Waals surface area contributed by atoms with Crippen LogP contribution in [0.15, 0.2) is 128 Å². The number of imidazole rings is 1. The summed E-state index contributed by atoms with van der Waals surface area (Å²) >= 11 is 0. The second-order valence-corrected chi connectivity index (χ2v) is 9.63. The summed E-state index contributed by atoms with van der Waals surface area (Å²) in [7, 11) is 0. The highest BCUT2D eigenvalue weighted by Crippen LogP contribution is 2.31. The fourth-order valence-corrected chi connectivity index (χ4v) is 4.84. The first-order chi connectivity index (χ1) is 20.1. The van der Waals surface area contributed by atoms with Crippen LogP contribution in [-0.2, 0) is 6.42 Å². The highest BCUT2D eigenvalue weighted by Gasteiger charge is 2.17. The molecule has 0 radical (unpaired) electrons. The highest BCUT2D eigenvalue weighted by molar-refractivity contribution is 5.96. The summed E-state index contributed by atoms with van der Waals surface area (Å²) in [5.74, 6) is 0.653. The molecular weight excluding hydrogens is 506 g/mol. The van der Waals surface area contributed by atoms with Crippen molar-refractivity contribution in [3.05, 3.63) is 139 Å². The molecule has 2 aromatic carbocycles. The Morgan fingerprint density at radius 3 is 2.51 bits per heavy atom. The minimum Gasteiger partial charge on any atom is -0.359 e.